The largest absolute Gasteiger partial charge is 0.417 e. The van der Waals surface area contributed by atoms with Crippen LogP contribution >= 0.6 is 0 Å². The summed E-state index contributed by atoms with van der Waals surface area (Å²) in [7, 11) is 0. The molecule has 0 aliphatic heterocycles. The summed E-state index contributed by atoms with van der Waals surface area (Å²) in [5, 5.41) is 5.67. The van der Waals surface area contributed by atoms with Gasteiger partial charge in [0.05, 0.1) is 11.8 Å². The number of hydrazone groups is 1. The van der Waals surface area contributed by atoms with Crippen molar-refractivity contribution in [3.05, 3.63) is 35.4 Å². The Kier molecular flexibility index (Phi) is 5.89. The SMILES string of the molecule is CCCNC(=O)C(=O)N/N=C\c1ccccc1C(F)(F)F. The first-order valence-corrected chi connectivity index (χ1v) is 6.13. The molecule has 0 aliphatic rings. The number of hydrogen-bond donors (Lipinski definition) is 2. The first-order valence-electron chi connectivity index (χ1n) is 6.13. The quantitative estimate of drug-likeness (QED) is 0.504. The number of amides is 2. The highest BCUT2D eigenvalue weighted by molar-refractivity contribution is 6.35. The van der Waals surface area contributed by atoms with Crippen molar-refractivity contribution in [2.24, 2.45) is 5.10 Å². The van der Waals surface area contributed by atoms with Gasteiger partial charge < -0.3 is 5.32 Å². The zero-order valence-electron chi connectivity index (χ0n) is 11.2. The Balaban J connectivity index is 2.70. The van der Waals surface area contributed by atoms with Gasteiger partial charge >= 0.3 is 18.0 Å². The fourth-order valence-corrected chi connectivity index (χ4v) is 1.40. The van der Waals surface area contributed by atoms with E-state index in [4.69, 9.17) is 0 Å². The Morgan fingerprint density at radius 3 is 2.52 bits per heavy atom. The second kappa shape index (κ2) is 7.41. The molecule has 2 N–H and O–H groups in total. The minimum Gasteiger partial charge on any atom is -0.348 e. The molecule has 5 nitrogen and oxygen atoms in total. The van der Waals surface area contributed by atoms with E-state index in [0.717, 1.165) is 12.3 Å². The minimum atomic E-state index is -4.52. The molecule has 1 aromatic carbocycles. The number of halogens is 3. The molecule has 8 heteroatoms. The summed E-state index contributed by atoms with van der Waals surface area (Å²) in [4.78, 5) is 22.5. The van der Waals surface area contributed by atoms with Crippen molar-refractivity contribution in [3.63, 3.8) is 0 Å². The molecule has 0 saturated heterocycles. The number of alkyl halides is 3. The summed E-state index contributed by atoms with van der Waals surface area (Å²) in [5.74, 6) is -1.93. The lowest BCUT2D eigenvalue weighted by molar-refractivity contribution is -0.139. The predicted octanol–water partition coefficient (Wildman–Crippen LogP) is 1.68. The van der Waals surface area contributed by atoms with Crippen LogP contribution < -0.4 is 10.7 Å². The van der Waals surface area contributed by atoms with Crippen LogP contribution in [-0.2, 0) is 15.8 Å². The Morgan fingerprint density at radius 2 is 1.90 bits per heavy atom. The first-order chi connectivity index (χ1) is 9.86. The van der Waals surface area contributed by atoms with Crippen molar-refractivity contribution in [1.82, 2.24) is 10.7 Å². The molecule has 2 amide bonds. The van der Waals surface area contributed by atoms with Crippen molar-refractivity contribution >= 4 is 18.0 Å². The predicted molar refractivity (Wildman–Crippen MR) is 70.5 cm³/mol. The van der Waals surface area contributed by atoms with Crippen LogP contribution in [0.25, 0.3) is 0 Å². The van der Waals surface area contributed by atoms with Gasteiger partial charge in [0.1, 0.15) is 0 Å². The van der Waals surface area contributed by atoms with E-state index in [1.165, 1.54) is 18.2 Å². The van der Waals surface area contributed by atoms with Crippen LogP contribution in [-0.4, -0.2) is 24.6 Å². The summed E-state index contributed by atoms with van der Waals surface area (Å²) in [6.07, 6.45) is -3.03. The van der Waals surface area contributed by atoms with E-state index >= 15 is 0 Å². The van der Waals surface area contributed by atoms with E-state index in [-0.39, 0.29) is 5.56 Å². The van der Waals surface area contributed by atoms with Gasteiger partial charge in [-0.2, -0.15) is 18.3 Å². The summed E-state index contributed by atoms with van der Waals surface area (Å²) in [5.41, 5.74) is 0.784. The second-order valence-electron chi connectivity index (χ2n) is 4.04. The lowest BCUT2D eigenvalue weighted by atomic mass is 10.1. The molecule has 114 valence electrons. The van der Waals surface area contributed by atoms with Crippen molar-refractivity contribution in [2.45, 2.75) is 19.5 Å². The molecule has 0 atom stereocenters. The number of rotatable bonds is 4. The van der Waals surface area contributed by atoms with Gasteiger partial charge in [0, 0.05) is 12.1 Å². The van der Waals surface area contributed by atoms with Gasteiger partial charge in [0.15, 0.2) is 0 Å². The number of carbonyl (C=O) groups excluding carboxylic acids is 2. The van der Waals surface area contributed by atoms with E-state index in [2.05, 4.69) is 10.4 Å². The fraction of sp³-hybridized carbons (Fsp3) is 0.308. The molecular formula is C13H14F3N3O2. The Hall–Kier alpha value is -2.38. The Bertz CT molecular complexity index is 542. The standard InChI is InChI=1S/C13H14F3N3O2/c1-2-7-17-11(20)12(21)19-18-8-9-5-3-4-6-10(9)13(14,15)16/h3-6,8H,2,7H2,1H3,(H,17,20)(H,19,21)/b18-8-. The molecule has 0 fully saturated rings. The molecule has 0 unspecified atom stereocenters. The second-order valence-corrected chi connectivity index (χ2v) is 4.04. The van der Waals surface area contributed by atoms with E-state index in [1.807, 2.05) is 12.3 Å². The molecule has 0 heterocycles. The van der Waals surface area contributed by atoms with E-state index in [0.29, 0.717) is 13.0 Å². The van der Waals surface area contributed by atoms with Gasteiger partial charge in [-0.05, 0) is 12.5 Å². The first kappa shape index (κ1) is 16.7. The summed E-state index contributed by atoms with van der Waals surface area (Å²) >= 11 is 0. The molecule has 0 saturated carbocycles. The molecule has 0 spiro atoms. The summed E-state index contributed by atoms with van der Waals surface area (Å²) in [6.45, 7) is 2.14. The molecule has 0 aliphatic carbocycles. The number of hydrogen-bond acceptors (Lipinski definition) is 3. The number of nitrogens with zero attached hydrogens (tertiary/aromatic N) is 1. The molecule has 21 heavy (non-hydrogen) atoms. The van der Waals surface area contributed by atoms with Crippen LogP contribution in [0.4, 0.5) is 13.2 Å². The maximum Gasteiger partial charge on any atom is 0.417 e. The Labute approximate surface area is 119 Å². The number of nitrogens with one attached hydrogen (secondary N) is 2. The van der Waals surface area contributed by atoms with E-state index in [1.54, 1.807) is 0 Å². The molecule has 0 radical (unpaired) electrons. The smallest absolute Gasteiger partial charge is 0.348 e. The molecule has 0 bridgehead atoms. The topological polar surface area (TPSA) is 70.6 Å². The highest BCUT2D eigenvalue weighted by Gasteiger charge is 2.32. The molecule has 1 rings (SSSR count). The van der Waals surface area contributed by atoms with Gasteiger partial charge in [0.2, 0.25) is 0 Å². The van der Waals surface area contributed by atoms with Crippen LogP contribution in [0.5, 0.6) is 0 Å². The van der Waals surface area contributed by atoms with Crippen molar-refractivity contribution in [2.75, 3.05) is 6.54 Å². The normalized spacial score (nSPS) is 11.4. The highest BCUT2D eigenvalue weighted by atomic mass is 19.4. The van der Waals surface area contributed by atoms with Crippen molar-refractivity contribution < 1.29 is 22.8 Å². The van der Waals surface area contributed by atoms with Crippen LogP contribution in [0.3, 0.4) is 0 Å². The molecule has 0 aromatic heterocycles. The lowest BCUT2D eigenvalue weighted by Gasteiger charge is -2.09. The van der Waals surface area contributed by atoms with Gasteiger partial charge in [-0.15, -0.1) is 0 Å². The van der Waals surface area contributed by atoms with Gasteiger partial charge in [-0.3, -0.25) is 9.59 Å². The van der Waals surface area contributed by atoms with Crippen molar-refractivity contribution in [1.29, 1.82) is 0 Å². The summed E-state index contributed by atoms with van der Waals surface area (Å²) < 4.78 is 38.1. The van der Waals surface area contributed by atoms with Crippen LogP contribution in [0.2, 0.25) is 0 Å². The minimum absolute atomic E-state index is 0.209. The molecule has 1 aromatic rings. The highest BCUT2D eigenvalue weighted by Crippen LogP contribution is 2.30. The van der Waals surface area contributed by atoms with Crippen molar-refractivity contribution in [3.8, 4) is 0 Å². The maximum atomic E-state index is 12.7. The third-order valence-electron chi connectivity index (χ3n) is 2.38. The Morgan fingerprint density at radius 1 is 1.24 bits per heavy atom. The molecular weight excluding hydrogens is 287 g/mol. The average Bonchev–Trinajstić information content (AvgIpc) is 2.44. The van der Waals surface area contributed by atoms with E-state index < -0.39 is 23.6 Å². The zero-order valence-corrected chi connectivity index (χ0v) is 11.2. The fourth-order valence-electron chi connectivity index (χ4n) is 1.40. The van der Waals surface area contributed by atoms with Gasteiger partial charge in [-0.25, -0.2) is 5.43 Å². The lowest BCUT2D eigenvalue weighted by Crippen LogP contribution is -2.38. The van der Waals surface area contributed by atoms with Crippen LogP contribution in [0, 0.1) is 0 Å². The average molecular weight is 301 g/mol. The maximum absolute atomic E-state index is 12.7. The zero-order chi connectivity index (χ0) is 15.9. The van der Waals surface area contributed by atoms with Crippen LogP contribution in [0.15, 0.2) is 29.4 Å². The van der Waals surface area contributed by atoms with Gasteiger partial charge in [0.25, 0.3) is 0 Å². The van der Waals surface area contributed by atoms with Crippen LogP contribution in [0.1, 0.15) is 24.5 Å². The number of carbonyl (C=O) groups is 2. The number of benzene rings is 1. The van der Waals surface area contributed by atoms with E-state index in [9.17, 15) is 22.8 Å². The van der Waals surface area contributed by atoms with Gasteiger partial charge in [-0.1, -0.05) is 25.1 Å². The third-order valence-corrected chi connectivity index (χ3v) is 2.38. The summed E-state index contributed by atoms with van der Waals surface area (Å²) in [6, 6.07) is 4.76. The third kappa shape index (κ3) is 5.25. The monoisotopic (exact) mass is 301 g/mol.